The van der Waals surface area contributed by atoms with Crippen molar-refractivity contribution in [2.75, 3.05) is 14.2 Å². The molecule has 0 unspecified atom stereocenters. The topological polar surface area (TPSA) is 64.6 Å². The molecule has 0 aromatic rings. The lowest BCUT2D eigenvalue weighted by molar-refractivity contribution is -0.149. The molecule has 1 N–H and O–H groups in total. The highest BCUT2D eigenvalue weighted by molar-refractivity contribution is 6.15. The summed E-state index contributed by atoms with van der Waals surface area (Å²) in [5, 5.41) is 0. The summed E-state index contributed by atoms with van der Waals surface area (Å²) in [4.78, 5) is 23.6. The predicted molar refractivity (Wildman–Crippen MR) is 41.4 cm³/mol. The van der Waals surface area contributed by atoms with Crippen LogP contribution in [0.3, 0.4) is 0 Å². The van der Waals surface area contributed by atoms with Crippen LogP contribution >= 0.6 is 11.8 Å². The highest BCUT2D eigenvalue weighted by Gasteiger charge is 2.21. The second-order valence-corrected chi connectivity index (χ2v) is 2.18. The maximum atomic E-state index is 10.8. The van der Waals surface area contributed by atoms with E-state index in [2.05, 4.69) is 14.3 Å². The van der Waals surface area contributed by atoms with Gasteiger partial charge in [0.05, 0.1) is 20.6 Å². The van der Waals surface area contributed by atoms with Gasteiger partial charge in [0, 0.05) is 0 Å². The molecule has 0 spiro atoms. The quantitative estimate of drug-likeness (QED) is 0.499. The largest absolute Gasteiger partial charge is 0.469 e. The Balaban J connectivity index is 3.99. The highest BCUT2D eigenvalue weighted by atomic mass is 35.5. The zero-order valence-corrected chi connectivity index (χ0v) is 7.55. The van der Waals surface area contributed by atoms with Crippen molar-refractivity contribution in [2.24, 2.45) is 0 Å². The minimum absolute atomic E-state index is 0.146. The van der Waals surface area contributed by atoms with E-state index in [9.17, 15) is 9.59 Å². The first-order chi connectivity index (χ1) is 5.65. The van der Waals surface area contributed by atoms with Gasteiger partial charge < -0.3 is 9.47 Å². The Morgan fingerprint density at radius 1 is 1.42 bits per heavy atom. The number of esters is 2. The average molecular weight is 196 g/mol. The lowest BCUT2D eigenvalue weighted by Crippen LogP contribution is -2.34. The van der Waals surface area contributed by atoms with Gasteiger partial charge in [-0.05, 0) is 11.8 Å². The number of carbonyl (C=O) groups excluding carboxylic acids is 2. The van der Waals surface area contributed by atoms with Gasteiger partial charge in [0.2, 0.25) is 0 Å². The fourth-order valence-electron chi connectivity index (χ4n) is 0.559. The number of methoxy groups -OCH3 is 2. The molecule has 0 saturated carbocycles. The monoisotopic (exact) mass is 195 g/mol. The molecule has 0 radical (unpaired) electrons. The van der Waals surface area contributed by atoms with Gasteiger partial charge in [-0.15, -0.1) is 0 Å². The van der Waals surface area contributed by atoms with Gasteiger partial charge >= 0.3 is 11.9 Å². The standard InChI is InChI=1S/C6H10ClNO4/c1-11-5(9)3-4(8-7)6(10)12-2/h4,8H,3H2,1-2H3/t4-/m1/s1. The Kier molecular flexibility index (Phi) is 5.40. The smallest absolute Gasteiger partial charge is 0.324 e. The lowest BCUT2D eigenvalue weighted by atomic mass is 10.2. The minimum Gasteiger partial charge on any atom is -0.469 e. The molecule has 1 atom stereocenters. The summed E-state index contributed by atoms with van der Waals surface area (Å²) in [6.07, 6.45) is -0.146. The highest BCUT2D eigenvalue weighted by Crippen LogP contribution is 1.97. The van der Waals surface area contributed by atoms with Crippen molar-refractivity contribution >= 4 is 23.7 Å². The molecule has 5 nitrogen and oxygen atoms in total. The third kappa shape index (κ3) is 3.54. The summed E-state index contributed by atoms with van der Waals surface area (Å²) in [6.45, 7) is 0. The molecule has 0 fully saturated rings. The van der Waals surface area contributed by atoms with Crippen LogP contribution in [0.5, 0.6) is 0 Å². The lowest BCUT2D eigenvalue weighted by Gasteiger charge is -2.09. The third-order valence-corrected chi connectivity index (χ3v) is 1.48. The molecule has 0 bridgehead atoms. The van der Waals surface area contributed by atoms with Gasteiger partial charge in [0.15, 0.2) is 0 Å². The Bertz CT molecular complexity index is 173. The van der Waals surface area contributed by atoms with Gasteiger partial charge in [0.25, 0.3) is 0 Å². The molecule has 0 aromatic heterocycles. The van der Waals surface area contributed by atoms with E-state index in [4.69, 9.17) is 11.8 Å². The van der Waals surface area contributed by atoms with Crippen LogP contribution in [0.4, 0.5) is 0 Å². The van der Waals surface area contributed by atoms with E-state index < -0.39 is 18.0 Å². The van der Waals surface area contributed by atoms with Crippen LogP contribution in [0.1, 0.15) is 6.42 Å². The molecule has 70 valence electrons. The average Bonchev–Trinajstić information content (AvgIpc) is 2.12. The molecule has 6 heteroatoms. The van der Waals surface area contributed by atoms with Crippen LogP contribution in [-0.2, 0) is 19.1 Å². The first-order valence-electron chi connectivity index (χ1n) is 3.16. The van der Waals surface area contributed by atoms with Crippen LogP contribution in [-0.4, -0.2) is 32.2 Å². The molecule has 12 heavy (non-hydrogen) atoms. The number of halogens is 1. The third-order valence-electron chi connectivity index (χ3n) is 1.22. The van der Waals surface area contributed by atoms with Crippen LogP contribution in [0, 0.1) is 0 Å². The van der Waals surface area contributed by atoms with Gasteiger partial charge in [-0.3, -0.25) is 9.59 Å². The van der Waals surface area contributed by atoms with Crippen molar-refractivity contribution in [1.29, 1.82) is 0 Å². The Labute approximate surface area is 75.1 Å². The van der Waals surface area contributed by atoms with Gasteiger partial charge in [-0.25, -0.2) is 4.84 Å². The zero-order chi connectivity index (χ0) is 9.56. The summed E-state index contributed by atoms with van der Waals surface area (Å²) in [7, 11) is 2.44. The summed E-state index contributed by atoms with van der Waals surface area (Å²) < 4.78 is 8.69. The normalized spacial score (nSPS) is 11.9. The number of ether oxygens (including phenoxy) is 2. The minimum atomic E-state index is -0.857. The SMILES string of the molecule is COC(=O)C[C@@H](NCl)C(=O)OC. The number of nitrogens with one attached hydrogen (secondary N) is 1. The summed E-state index contributed by atoms with van der Waals surface area (Å²) in [5.41, 5.74) is 0. The maximum Gasteiger partial charge on any atom is 0.324 e. The molecule has 0 saturated heterocycles. The molecule has 0 aromatic carbocycles. The van der Waals surface area contributed by atoms with Gasteiger partial charge in [0.1, 0.15) is 6.04 Å². The van der Waals surface area contributed by atoms with E-state index in [1.807, 2.05) is 0 Å². The van der Waals surface area contributed by atoms with Crippen LogP contribution in [0.15, 0.2) is 0 Å². The van der Waals surface area contributed by atoms with Crippen molar-refractivity contribution in [3.63, 3.8) is 0 Å². The Morgan fingerprint density at radius 3 is 2.33 bits per heavy atom. The van der Waals surface area contributed by atoms with E-state index in [1.54, 1.807) is 0 Å². The molecule has 0 aliphatic rings. The van der Waals surface area contributed by atoms with E-state index in [1.165, 1.54) is 14.2 Å². The molecule has 0 aliphatic carbocycles. The molecular weight excluding hydrogens is 186 g/mol. The van der Waals surface area contributed by atoms with E-state index in [0.29, 0.717) is 0 Å². The number of carbonyl (C=O) groups is 2. The first kappa shape index (κ1) is 11.2. The summed E-state index contributed by atoms with van der Waals surface area (Å²) >= 11 is 5.18. The van der Waals surface area contributed by atoms with Gasteiger partial charge in [-0.2, -0.15) is 0 Å². The second kappa shape index (κ2) is 5.79. The second-order valence-electron chi connectivity index (χ2n) is 1.97. The van der Waals surface area contributed by atoms with E-state index >= 15 is 0 Å². The van der Waals surface area contributed by atoms with Crippen molar-refractivity contribution in [2.45, 2.75) is 12.5 Å². The number of hydrogen-bond acceptors (Lipinski definition) is 5. The summed E-state index contributed by atoms with van der Waals surface area (Å²) in [5.74, 6) is -1.13. The van der Waals surface area contributed by atoms with Crippen LogP contribution < -0.4 is 4.84 Å². The zero-order valence-electron chi connectivity index (χ0n) is 6.80. The van der Waals surface area contributed by atoms with Crippen molar-refractivity contribution in [3.05, 3.63) is 0 Å². The fraction of sp³-hybridized carbons (Fsp3) is 0.667. The van der Waals surface area contributed by atoms with E-state index in [0.717, 1.165) is 0 Å². The molecule has 0 heterocycles. The van der Waals surface area contributed by atoms with Crippen LogP contribution in [0.2, 0.25) is 0 Å². The predicted octanol–water partition coefficient (Wildman–Crippen LogP) is -0.166. The Morgan fingerprint density at radius 2 is 2.00 bits per heavy atom. The summed E-state index contributed by atoms with van der Waals surface area (Å²) in [6, 6.07) is -0.857. The molecule has 0 rings (SSSR count). The van der Waals surface area contributed by atoms with Crippen molar-refractivity contribution in [3.8, 4) is 0 Å². The van der Waals surface area contributed by atoms with Crippen molar-refractivity contribution < 1.29 is 19.1 Å². The fourth-order valence-corrected chi connectivity index (χ4v) is 0.725. The maximum absolute atomic E-state index is 10.8. The van der Waals surface area contributed by atoms with Crippen LogP contribution in [0.25, 0.3) is 0 Å². The van der Waals surface area contributed by atoms with Crippen molar-refractivity contribution in [1.82, 2.24) is 4.84 Å². The number of rotatable bonds is 4. The number of hydrogen-bond donors (Lipinski definition) is 1. The first-order valence-corrected chi connectivity index (χ1v) is 3.54. The van der Waals surface area contributed by atoms with E-state index in [-0.39, 0.29) is 6.42 Å². The Hall–Kier alpha value is -0.810. The molecular formula is C6H10ClNO4. The molecule has 0 amide bonds. The molecule has 0 aliphatic heterocycles. The van der Waals surface area contributed by atoms with Gasteiger partial charge in [-0.1, -0.05) is 0 Å².